The van der Waals surface area contributed by atoms with Crippen molar-refractivity contribution in [2.45, 2.75) is 6.92 Å². The third-order valence-corrected chi connectivity index (χ3v) is 4.88. The summed E-state index contributed by atoms with van der Waals surface area (Å²) >= 11 is 0. The lowest BCUT2D eigenvalue weighted by molar-refractivity contribution is -0.138. The maximum absolute atomic E-state index is 13.2. The molecule has 0 saturated heterocycles. The minimum absolute atomic E-state index is 0.125. The average Bonchev–Trinajstić information content (AvgIpc) is 2.55. The second-order valence-electron chi connectivity index (χ2n) is 5.10. The molecule has 0 heterocycles. The molecule has 0 spiro atoms. The van der Waals surface area contributed by atoms with E-state index in [1.54, 1.807) is 55.5 Å². The van der Waals surface area contributed by atoms with E-state index < -0.39 is 13.6 Å². The largest absolute Gasteiger partial charge is 0.480 e. The molecular weight excluding hydrogens is 329 g/mol. The van der Waals surface area contributed by atoms with Gasteiger partial charge in [0.1, 0.15) is 17.8 Å². The summed E-state index contributed by atoms with van der Waals surface area (Å²) in [4.78, 5) is 12.5. The third-order valence-electron chi connectivity index (χ3n) is 3.15. The number of hydrogen-bond acceptors (Lipinski definition) is 5. The highest BCUT2D eigenvalue weighted by atomic mass is 31.2. The van der Waals surface area contributed by atoms with Crippen molar-refractivity contribution >= 4 is 13.6 Å². The second-order valence-corrected chi connectivity index (χ2v) is 6.97. The first-order valence-electron chi connectivity index (χ1n) is 7.53. The van der Waals surface area contributed by atoms with Crippen LogP contribution in [-0.2, 0) is 9.36 Å². The van der Waals surface area contributed by atoms with Gasteiger partial charge in [-0.15, -0.1) is 0 Å². The molecule has 24 heavy (non-hydrogen) atoms. The standard InChI is InChI=1S/C17H20NO5P/c1-2-18(13-17(19)20)14-24(21,22-15-9-5-3-6-10-15)23-16-11-7-4-8-12-16/h3-12H,2,13-14H2,1H3,(H,19,20). The number of carboxylic acid groups (broad SMARTS) is 1. The van der Waals surface area contributed by atoms with Crippen molar-refractivity contribution in [3.63, 3.8) is 0 Å². The smallest absolute Gasteiger partial charge is 0.444 e. The van der Waals surface area contributed by atoms with Crippen molar-refractivity contribution in [3.8, 4) is 11.5 Å². The highest BCUT2D eigenvalue weighted by Gasteiger charge is 2.31. The first-order chi connectivity index (χ1) is 11.5. The van der Waals surface area contributed by atoms with Crippen LogP contribution in [0.4, 0.5) is 0 Å². The molecular formula is C17H20NO5P. The van der Waals surface area contributed by atoms with Gasteiger partial charge in [-0.05, 0) is 30.8 Å². The lowest BCUT2D eigenvalue weighted by Gasteiger charge is -2.25. The van der Waals surface area contributed by atoms with E-state index in [2.05, 4.69) is 0 Å². The van der Waals surface area contributed by atoms with Crippen LogP contribution in [0.2, 0.25) is 0 Å². The Bertz CT molecular complexity index is 647. The number of carboxylic acids is 1. The van der Waals surface area contributed by atoms with E-state index in [9.17, 15) is 9.36 Å². The van der Waals surface area contributed by atoms with Crippen molar-refractivity contribution < 1.29 is 23.5 Å². The number of nitrogens with zero attached hydrogens (tertiary/aromatic N) is 1. The molecule has 0 atom stereocenters. The third kappa shape index (κ3) is 5.72. The predicted octanol–water partition coefficient (Wildman–Crippen LogP) is 3.70. The van der Waals surface area contributed by atoms with Crippen molar-refractivity contribution in [2.24, 2.45) is 0 Å². The zero-order valence-corrected chi connectivity index (χ0v) is 14.3. The van der Waals surface area contributed by atoms with E-state index in [0.717, 1.165) is 0 Å². The number of aliphatic carboxylic acids is 1. The Morgan fingerprint density at radius 3 is 1.83 bits per heavy atom. The molecule has 2 aromatic rings. The maximum atomic E-state index is 13.2. The molecule has 0 fully saturated rings. The van der Waals surface area contributed by atoms with Gasteiger partial charge in [0.05, 0.1) is 6.54 Å². The summed E-state index contributed by atoms with van der Waals surface area (Å²) in [6, 6.07) is 17.4. The van der Waals surface area contributed by atoms with Crippen molar-refractivity contribution in [1.82, 2.24) is 4.90 Å². The van der Waals surface area contributed by atoms with E-state index in [1.807, 2.05) is 12.1 Å². The number of likely N-dealkylation sites (N-methyl/N-ethyl adjacent to an activating group) is 1. The maximum Gasteiger partial charge on any atom is 0.444 e. The van der Waals surface area contributed by atoms with Crippen LogP contribution in [0.3, 0.4) is 0 Å². The van der Waals surface area contributed by atoms with E-state index in [0.29, 0.717) is 18.0 Å². The Hall–Kier alpha value is -2.30. The van der Waals surface area contributed by atoms with Crippen molar-refractivity contribution in [3.05, 3.63) is 60.7 Å². The van der Waals surface area contributed by atoms with Gasteiger partial charge in [0.15, 0.2) is 0 Å². The molecule has 2 aromatic carbocycles. The Morgan fingerprint density at radius 1 is 1.00 bits per heavy atom. The first kappa shape index (κ1) is 18.0. The quantitative estimate of drug-likeness (QED) is 0.696. The van der Waals surface area contributed by atoms with Crippen LogP contribution < -0.4 is 9.05 Å². The van der Waals surface area contributed by atoms with Gasteiger partial charge in [0, 0.05) is 0 Å². The fourth-order valence-electron chi connectivity index (χ4n) is 2.06. The SMILES string of the molecule is CCN(CC(=O)O)CP(=O)(Oc1ccccc1)Oc1ccccc1. The second kappa shape index (κ2) is 8.52. The minimum atomic E-state index is -3.63. The highest BCUT2D eigenvalue weighted by Crippen LogP contribution is 2.48. The van der Waals surface area contributed by atoms with Gasteiger partial charge in [0.2, 0.25) is 0 Å². The van der Waals surface area contributed by atoms with Crippen molar-refractivity contribution in [1.29, 1.82) is 0 Å². The van der Waals surface area contributed by atoms with E-state index >= 15 is 0 Å². The van der Waals surface area contributed by atoms with E-state index in [4.69, 9.17) is 14.2 Å². The summed E-state index contributed by atoms with van der Waals surface area (Å²) in [7, 11) is -3.63. The summed E-state index contributed by atoms with van der Waals surface area (Å²) in [5.74, 6) is -0.186. The summed E-state index contributed by atoms with van der Waals surface area (Å²) < 4.78 is 24.5. The number of benzene rings is 2. The van der Waals surface area contributed by atoms with Crippen LogP contribution in [-0.4, -0.2) is 35.4 Å². The molecule has 0 aliphatic carbocycles. The number of carbonyl (C=O) groups is 1. The molecule has 0 radical (unpaired) electrons. The molecule has 0 aromatic heterocycles. The highest BCUT2D eigenvalue weighted by molar-refractivity contribution is 7.54. The Kier molecular flexibility index (Phi) is 6.41. The molecule has 0 aliphatic heterocycles. The molecule has 1 N–H and O–H groups in total. The predicted molar refractivity (Wildman–Crippen MR) is 91.5 cm³/mol. The summed E-state index contributed by atoms with van der Waals surface area (Å²) in [5.41, 5.74) is 0. The number of para-hydroxylation sites is 2. The van der Waals surface area contributed by atoms with Crippen LogP contribution >= 0.6 is 7.60 Å². The zero-order chi connectivity index (χ0) is 17.4. The first-order valence-corrected chi connectivity index (χ1v) is 9.26. The molecule has 2 rings (SSSR count). The summed E-state index contributed by atoms with van der Waals surface area (Å²) in [6.07, 6.45) is -0.125. The van der Waals surface area contributed by atoms with Crippen molar-refractivity contribution in [2.75, 3.05) is 19.4 Å². The molecule has 0 aliphatic rings. The van der Waals surface area contributed by atoms with Gasteiger partial charge in [-0.2, -0.15) is 0 Å². The molecule has 0 saturated carbocycles. The van der Waals surface area contributed by atoms with Gasteiger partial charge in [0.25, 0.3) is 0 Å². The minimum Gasteiger partial charge on any atom is -0.480 e. The summed E-state index contributed by atoms with van der Waals surface area (Å²) in [5, 5.41) is 8.98. The summed E-state index contributed by atoms with van der Waals surface area (Å²) in [6.45, 7) is 1.96. The lowest BCUT2D eigenvalue weighted by atomic mass is 10.3. The van der Waals surface area contributed by atoms with E-state index in [1.165, 1.54) is 4.90 Å². The van der Waals surface area contributed by atoms with Gasteiger partial charge in [-0.3, -0.25) is 9.69 Å². The average molecular weight is 349 g/mol. The van der Waals surface area contributed by atoms with Gasteiger partial charge in [-0.1, -0.05) is 43.3 Å². The number of hydrogen-bond donors (Lipinski definition) is 1. The number of rotatable bonds is 9. The molecule has 128 valence electrons. The van der Waals surface area contributed by atoms with Gasteiger partial charge in [-0.25, -0.2) is 4.57 Å². The van der Waals surface area contributed by atoms with Gasteiger partial charge >= 0.3 is 13.6 Å². The van der Waals surface area contributed by atoms with E-state index in [-0.39, 0.29) is 12.8 Å². The van der Waals surface area contributed by atoms with Crippen LogP contribution in [0.25, 0.3) is 0 Å². The zero-order valence-electron chi connectivity index (χ0n) is 13.4. The molecule has 7 heteroatoms. The molecule has 0 bridgehead atoms. The monoisotopic (exact) mass is 349 g/mol. The Morgan fingerprint density at radius 2 is 1.46 bits per heavy atom. The van der Waals surface area contributed by atoms with Crippen LogP contribution in [0.15, 0.2) is 60.7 Å². The normalized spacial score (nSPS) is 11.2. The molecule has 0 unspecified atom stereocenters. The molecule has 6 nitrogen and oxygen atoms in total. The van der Waals surface area contributed by atoms with Crippen LogP contribution in [0, 0.1) is 0 Å². The van der Waals surface area contributed by atoms with Gasteiger partial charge < -0.3 is 14.2 Å². The van der Waals surface area contributed by atoms with Crippen LogP contribution in [0.1, 0.15) is 6.92 Å². The topological polar surface area (TPSA) is 76.1 Å². The van der Waals surface area contributed by atoms with Crippen LogP contribution in [0.5, 0.6) is 11.5 Å². The Balaban J connectivity index is 2.22. The fourth-order valence-corrected chi connectivity index (χ4v) is 3.89. The molecule has 0 amide bonds. The Labute approximate surface area is 141 Å². The lowest BCUT2D eigenvalue weighted by Crippen LogP contribution is -2.32. The fraction of sp³-hybridized carbons (Fsp3) is 0.235.